The topological polar surface area (TPSA) is 38.7 Å². The molecule has 0 amide bonds. The summed E-state index contributed by atoms with van der Waals surface area (Å²) in [4.78, 5) is 0. The molecule has 1 aromatic carbocycles. The zero-order chi connectivity index (χ0) is 11.3. The largest absolute Gasteiger partial charge is 0.491 e. The van der Waals surface area contributed by atoms with E-state index in [2.05, 4.69) is 6.07 Å². The zero-order valence-corrected chi connectivity index (χ0v) is 9.49. The molecule has 1 atom stereocenters. The lowest BCUT2D eigenvalue weighted by molar-refractivity contribution is 0.0325. The van der Waals surface area contributed by atoms with Gasteiger partial charge in [0.15, 0.2) is 0 Å². The quantitative estimate of drug-likeness (QED) is 0.803. The number of aliphatic hydroxyl groups excluding tert-OH is 1. The van der Waals surface area contributed by atoms with Gasteiger partial charge in [-0.3, -0.25) is 0 Å². The van der Waals surface area contributed by atoms with Gasteiger partial charge in [0.1, 0.15) is 18.5 Å². The van der Waals surface area contributed by atoms with Gasteiger partial charge < -0.3 is 14.6 Å². The Bertz CT molecular complexity index is 289. The molecule has 1 aromatic rings. The molecule has 1 rings (SSSR count). The van der Waals surface area contributed by atoms with E-state index < -0.39 is 6.10 Å². The van der Waals surface area contributed by atoms with Gasteiger partial charge in [-0.05, 0) is 37.1 Å². The van der Waals surface area contributed by atoms with E-state index in [9.17, 15) is 5.11 Å². The van der Waals surface area contributed by atoms with Crippen LogP contribution in [-0.2, 0) is 4.74 Å². The molecular formula is C12H18O3. The van der Waals surface area contributed by atoms with Crippen LogP contribution in [0.1, 0.15) is 11.1 Å². The summed E-state index contributed by atoms with van der Waals surface area (Å²) in [5.41, 5.74) is 2.32. The minimum atomic E-state index is -0.573. The fourth-order valence-electron chi connectivity index (χ4n) is 1.45. The SMILES string of the molecule is COC[C@H](O)COc1cc(C)cc(C)c1. The Morgan fingerprint density at radius 1 is 1.13 bits per heavy atom. The number of aliphatic hydroxyl groups is 1. The normalized spacial score (nSPS) is 12.5. The maximum atomic E-state index is 9.40. The number of methoxy groups -OCH3 is 1. The van der Waals surface area contributed by atoms with Crippen molar-refractivity contribution >= 4 is 0 Å². The van der Waals surface area contributed by atoms with Gasteiger partial charge in [0, 0.05) is 7.11 Å². The average molecular weight is 210 g/mol. The van der Waals surface area contributed by atoms with Gasteiger partial charge in [-0.15, -0.1) is 0 Å². The molecule has 0 radical (unpaired) electrons. The lowest BCUT2D eigenvalue weighted by Gasteiger charge is -2.12. The van der Waals surface area contributed by atoms with E-state index in [0.29, 0.717) is 6.61 Å². The molecule has 3 nitrogen and oxygen atoms in total. The highest BCUT2D eigenvalue weighted by molar-refractivity contribution is 5.32. The third-order valence-corrected chi connectivity index (χ3v) is 2.00. The Hall–Kier alpha value is -1.06. The molecule has 0 aliphatic carbocycles. The summed E-state index contributed by atoms with van der Waals surface area (Å²) < 4.78 is 10.3. The molecule has 15 heavy (non-hydrogen) atoms. The number of aryl methyl sites for hydroxylation is 2. The summed E-state index contributed by atoms with van der Waals surface area (Å²) in [5.74, 6) is 0.794. The van der Waals surface area contributed by atoms with Crippen LogP contribution >= 0.6 is 0 Å². The summed E-state index contributed by atoms with van der Waals surface area (Å²) in [6, 6.07) is 5.98. The molecule has 0 aliphatic rings. The van der Waals surface area contributed by atoms with Gasteiger partial charge in [-0.1, -0.05) is 6.07 Å². The van der Waals surface area contributed by atoms with Crippen molar-refractivity contribution in [3.05, 3.63) is 29.3 Å². The maximum absolute atomic E-state index is 9.40. The second-order valence-electron chi connectivity index (χ2n) is 3.74. The zero-order valence-electron chi connectivity index (χ0n) is 9.49. The number of benzene rings is 1. The molecule has 0 saturated carbocycles. The number of hydrogen-bond acceptors (Lipinski definition) is 3. The second kappa shape index (κ2) is 5.73. The highest BCUT2D eigenvalue weighted by Gasteiger charge is 2.04. The molecule has 0 aliphatic heterocycles. The maximum Gasteiger partial charge on any atom is 0.119 e. The first kappa shape index (κ1) is 12.0. The van der Waals surface area contributed by atoms with E-state index in [1.807, 2.05) is 26.0 Å². The van der Waals surface area contributed by atoms with E-state index in [1.165, 1.54) is 0 Å². The molecule has 0 aromatic heterocycles. The van der Waals surface area contributed by atoms with Crippen LogP contribution in [-0.4, -0.2) is 31.5 Å². The van der Waals surface area contributed by atoms with Gasteiger partial charge in [0.05, 0.1) is 6.61 Å². The van der Waals surface area contributed by atoms with Crippen LogP contribution in [0.15, 0.2) is 18.2 Å². The van der Waals surface area contributed by atoms with Crippen LogP contribution in [0.3, 0.4) is 0 Å². The van der Waals surface area contributed by atoms with E-state index in [-0.39, 0.29) is 6.61 Å². The summed E-state index contributed by atoms with van der Waals surface area (Å²) in [6.07, 6.45) is -0.573. The standard InChI is InChI=1S/C12H18O3/c1-9-4-10(2)6-12(5-9)15-8-11(13)7-14-3/h4-6,11,13H,7-8H2,1-3H3/t11-/m0/s1. The van der Waals surface area contributed by atoms with Crippen molar-refractivity contribution in [1.29, 1.82) is 0 Å². The monoisotopic (exact) mass is 210 g/mol. The van der Waals surface area contributed by atoms with Crippen LogP contribution in [0.4, 0.5) is 0 Å². The van der Waals surface area contributed by atoms with Crippen molar-refractivity contribution in [2.24, 2.45) is 0 Å². The molecule has 0 saturated heterocycles. The van der Waals surface area contributed by atoms with Crippen LogP contribution < -0.4 is 4.74 Å². The Kier molecular flexibility index (Phi) is 4.59. The van der Waals surface area contributed by atoms with Gasteiger partial charge in [-0.2, -0.15) is 0 Å². The molecule has 84 valence electrons. The molecular weight excluding hydrogens is 192 g/mol. The van der Waals surface area contributed by atoms with Crippen molar-refractivity contribution in [2.75, 3.05) is 20.3 Å². The summed E-state index contributed by atoms with van der Waals surface area (Å²) in [7, 11) is 1.56. The predicted molar refractivity (Wildman–Crippen MR) is 59.3 cm³/mol. The lowest BCUT2D eigenvalue weighted by atomic mass is 10.1. The van der Waals surface area contributed by atoms with Crippen molar-refractivity contribution in [3.8, 4) is 5.75 Å². The third-order valence-electron chi connectivity index (χ3n) is 2.00. The lowest BCUT2D eigenvalue weighted by Crippen LogP contribution is -2.22. The fourth-order valence-corrected chi connectivity index (χ4v) is 1.45. The molecule has 3 heteroatoms. The van der Waals surface area contributed by atoms with Crippen LogP contribution in [0.25, 0.3) is 0 Å². The van der Waals surface area contributed by atoms with Gasteiger partial charge in [-0.25, -0.2) is 0 Å². The first-order valence-corrected chi connectivity index (χ1v) is 5.00. The van der Waals surface area contributed by atoms with Crippen molar-refractivity contribution in [3.63, 3.8) is 0 Å². The molecule has 0 heterocycles. The number of rotatable bonds is 5. The van der Waals surface area contributed by atoms with Gasteiger partial charge in [0.2, 0.25) is 0 Å². The van der Waals surface area contributed by atoms with Gasteiger partial charge in [0.25, 0.3) is 0 Å². The fraction of sp³-hybridized carbons (Fsp3) is 0.500. The first-order chi connectivity index (χ1) is 7.11. The highest BCUT2D eigenvalue weighted by Crippen LogP contribution is 2.16. The Balaban J connectivity index is 2.50. The Labute approximate surface area is 90.6 Å². The minimum absolute atomic E-state index is 0.261. The number of ether oxygens (including phenoxy) is 2. The molecule has 0 bridgehead atoms. The molecule has 0 unspecified atom stereocenters. The van der Waals surface area contributed by atoms with Crippen molar-refractivity contribution in [2.45, 2.75) is 20.0 Å². The average Bonchev–Trinajstić information content (AvgIpc) is 2.14. The summed E-state index contributed by atoms with van der Waals surface area (Å²) in [5, 5.41) is 9.40. The van der Waals surface area contributed by atoms with Gasteiger partial charge >= 0.3 is 0 Å². The Morgan fingerprint density at radius 3 is 2.27 bits per heavy atom. The summed E-state index contributed by atoms with van der Waals surface area (Å²) >= 11 is 0. The molecule has 0 spiro atoms. The predicted octanol–water partition coefficient (Wildman–Crippen LogP) is 1.69. The second-order valence-corrected chi connectivity index (χ2v) is 3.74. The van der Waals surface area contributed by atoms with Crippen molar-refractivity contribution < 1.29 is 14.6 Å². The smallest absolute Gasteiger partial charge is 0.119 e. The molecule has 0 fully saturated rings. The van der Waals surface area contributed by atoms with Crippen molar-refractivity contribution in [1.82, 2.24) is 0 Å². The Morgan fingerprint density at radius 2 is 1.73 bits per heavy atom. The third kappa shape index (κ3) is 4.32. The van der Waals surface area contributed by atoms with E-state index in [1.54, 1.807) is 7.11 Å². The van der Waals surface area contributed by atoms with Crippen LogP contribution in [0, 0.1) is 13.8 Å². The van der Waals surface area contributed by atoms with Crippen LogP contribution in [0.2, 0.25) is 0 Å². The van der Waals surface area contributed by atoms with E-state index in [4.69, 9.17) is 9.47 Å². The molecule has 1 N–H and O–H groups in total. The highest BCUT2D eigenvalue weighted by atomic mass is 16.5. The van der Waals surface area contributed by atoms with Crippen LogP contribution in [0.5, 0.6) is 5.75 Å². The minimum Gasteiger partial charge on any atom is -0.491 e. The van der Waals surface area contributed by atoms with E-state index in [0.717, 1.165) is 16.9 Å². The summed E-state index contributed by atoms with van der Waals surface area (Å²) in [6.45, 7) is 4.60. The van der Waals surface area contributed by atoms with E-state index >= 15 is 0 Å². The number of hydrogen-bond donors (Lipinski definition) is 1. The first-order valence-electron chi connectivity index (χ1n) is 5.00.